The number of nitrogens with zero attached hydrogens (tertiary/aromatic N) is 1. The molecule has 166 valence electrons. The number of halogens is 1. The fourth-order valence-corrected chi connectivity index (χ4v) is 3.11. The zero-order valence-electron chi connectivity index (χ0n) is 18.0. The monoisotopic (exact) mass is 435 g/mol. The number of hydrogen-bond donors (Lipinski definition) is 2. The molecule has 1 unspecified atom stereocenters. The lowest BCUT2D eigenvalue weighted by Crippen LogP contribution is -2.49. The van der Waals surface area contributed by atoms with Gasteiger partial charge in [-0.3, -0.25) is 14.6 Å². The Balaban J connectivity index is 1.56. The molecule has 2 amide bonds. The second-order valence-electron chi connectivity index (χ2n) is 7.72. The number of nitrogens with one attached hydrogen (secondary N) is 2. The van der Waals surface area contributed by atoms with Crippen LogP contribution < -0.4 is 15.4 Å². The molecule has 3 rings (SSSR count). The molecule has 7 heteroatoms. The first kappa shape index (κ1) is 22.9. The topological polar surface area (TPSA) is 80.3 Å². The maximum absolute atomic E-state index is 14.4. The van der Waals surface area contributed by atoms with Gasteiger partial charge in [-0.1, -0.05) is 50.2 Å². The molecule has 0 radical (unpaired) electrons. The van der Waals surface area contributed by atoms with E-state index in [0.717, 1.165) is 5.56 Å². The lowest BCUT2D eigenvalue weighted by atomic mass is 10.0. The molecular formula is C25H26FN3O3. The smallest absolute Gasteiger partial charge is 0.243 e. The van der Waals surface area contributed by atoms with Crippen LogP contribution in [0.2, 0.25) is 0 Å². The Bertz CT molecular complexity index is 1040. The summed E-state index contributed by atoms with van der Waals surface area (Å²) in [6.07, 6.45) is 3.29. The summed E-state index contributed by atoms with van der Waals surface area (Å²) >= 11 is 0. The molecular weight excluding hydrogens is 409 g/mol. The Kier molecular flexibility index (Phi) is 7.91. The van der Waals surface area contributed by atoms with Crippen molar-refractivity contribution in [2.75, 3.05) is 0 Å². The molecule has 2 N–H and O–H groups in total. The quantitative estimate of drug-likeness (QED) is 0.532. The lowest BCUT2D eigenvalue weighted by Gasteiger charge is -2.22. The first-order valence-electron chi connectivity index (χ1n) is 10.4. The Morgan fingerprint density at radius 3 is 2.47 bits per heavy atom. The lowest BCUT2D eigenvalue weighted by molar-refractivity contribution is -0.129. The van der Waals surface area contributed by atoms with Crippen molar-refractivity contribution < 1.29 is 18.7 Å². The van der Waals surface area contributed by atoms with Gasteiger partial charge in [-0.2, -0.15) is 0 Å². The second-order valence-corrected chi connectivity index (χ2v) is 7.72. The van der Waals surface area contributed by atoms with Crippen LogP contribution >= 0.6 is 0 Å². The SMILES string of the molecule is CC(C)C(NC(=O)Cc1ccccc1)C(=O)NCc1ccc(Oc2cccnc2)c(F)c1. The summed E-state index contributed by atoms with van der Waals surface area (Å²) in [7, 11) is 0. The molecule has 0 fully saturated rings. The summed E-state index contributed by atoms with van der Waals surface area (Å²) in [6, 6.07) is 16.5. The second kappa shape index (κ2) is 11.0. The first-order chi connectivity index (χ1) is 15.4. The van der Waals surface area contributed by atoms with Gasteiger partial charge in [0, 0.05) is 12.7 Å². The number of carbonyl (C=O) groups excluding carboxylic acids is 2. The number of ether oxygens (including phenoxy) is 1. The van der Waals surface area contributed by atoms with E-state index in [9.17, 15) is 14.0 Å². The highest BCUT2D eigenvalue weighted by Crippen LogP contribution is 2.24. The molecule has 1 heterocycles. The minimum absolute atomic E-state index is 0.0707. The first-order valence-corrected chi connectivity index (χ1v) is 10.4. The molecule has 0 aliphatic heterocycles. The van der Waals surface area contributed by atoms with E-state index in [1.54, 1.807) is 24.4 Å². The van der Waals surface area contributed by atoms with Crippen molar-refractivity contribution in [3.05, 3.63) is 90.0 Å². The van der Waals surface area contributed by atoms with Gasteiger partial charge < -0.3 is 15.4 Å². The number of benzene rings is 2. The number of hydrogen-bond acceptors (Lipinski definition) is 4. The van der Waals surface area contributed by atoms with E-state index in [4.69, 9.17) is 4.74 Å². The summed E-state index contributed by atoms with van der Waals surface area (Å²) in [5.41, 5.74) is 1.45. The van der Waals surface area contributed by atoms with Crippen LogP contribution in [0.1, 0.15) is 25.0 Å². The largest absolute Gasteiger partial charge is 0.453 e. The number of carbonyl (C=O) groups is 2. The van der Waals surface area contributed by atoms with Crippen LogP contribution in [0.5, 0.6) is 11.5 Å². The Morgan fingerprint density at radius 2 is 1.81 bits per heavy atom. The summed E-state index contributed by atoms with van der Waals surface area (Å²) in [6.45, 7) is 3.84. The summed E-state index contributed by atoms with van der Waals surface area (Å²) in [5, 5.41) is 5.57. The minimum Gasteiger partial charge on any atom is -0.453 e. The van der Waals surface area contributed by atoms with Crippen LogP contribution in [0.25, 0.3) is 0 Å². The molecule has 0 aliphatic carbocycles. The van der Waals surface area contributed by atoms with Crippen molar-refractivity contribution in [2.45, 2.75) is 32.9 Å². The number of pyridine rings is 1. The van der Waals surface area contributed by atoms with E-state index in [1.165, 1.54) is 18.3 Å². The normalized spacial score (nSPS) is 11.6. The Morgan fingerprint density at radius 1 is 1.03 bits per heavy atom. The third-order valence-electron chi connectivity index (χ3n) is 4.80. The van der Waals surface area contributed by atoms with Gasteiger partial charge >= 0.3 is 0 Å². The van der Waals surface area contributed by atoms with E-state index >= 15 is 0 Å². The summed E-state index contributed by atoms with van der Waals surface area (Å²) in [5.74, 6) is -0.704. The highest BCUT2D eigenvalue weighted by molar-refractivity contribution is 5.88. The highest BCUT2D eigenvalue weighted by Gasteiger charge is 2.24. The highest BCUT2D eigenvalue weighted by atomic mass is 19.1. The predicted octanol–water partition coefficient (Wildman–Crippen LogP) is 4.01. The zero-order chi connectivity index (χ0) is 22.9. The third kappa shape index (κ3) is 6.63. The minimum atomic E-state index is -0.691. The third-order valence-corrected chi connectivity index (χ3v) is 4.80. The molecule has 6 nitrogen and oxygen atoms in total. The molecule has 1 aromatic heterocycles. The van der Waals surface area contributed by atoms with Gasteiger partial charge in [-0.15, -0.1) is 0 Å². The molecule has 0 aliphatic rings. The molecule has 1 atom stereocenters. The maximum atomic E-state index is 14.4. The van der Waals surface area contributed by atoms with Crippen molar-refractivity contribution >= 4 is 11.8 Å². The van der Waals surface area contributed by atoms with Crippen molar-refractivity contribution in [1.82, 2.24) is 15.6 Å². The molecule has 2 aromatic carbocycles. The average molecular weight is 435 g/mol. The van der Waals surface area contributed by atoms with Crippen molar-refractivity contribution in [3.63, 3.8) is 0 Å². The fourth-order valence-electron chi connectivity index (χ4n) is 3.11. The average Bonchev–Trinajstić information content (AvgIpc) is 2.78. The summed E-state index contributed by atoms with van der Waals surface area (Å²) < 4.78 is 19.9. The van der Waals surface area contributed by atoms with Gasteiger partial charge in [0.15, 0.2) is 11.6 Å². The van der Waals surface area contributed by atoms with Crippen LogP contribution in [-0.2, 0) is 22.6 Å². The van der Waals surface area contributed by atoms with Crippen LogP contribution in [0.3, 0.4) is 0 Å². The Hall–Kier alpha value is -3.74. The van der Waals surface area contributed by atoms with Crippen molar-refractivity contribution in [2.24, 2.45) is 5.92 Å². The van der Waals surface area contributed by atoms with Crippen molar-refractivity contribution in [1.29, 1.82) is 0 Å². The van der Waals surface area contributed by atoms with E-state index < -0.39 is 11.9 Å². The van der Waals surface area contributed by atoms with Gasteiger partial charge in [-0.05, 0) is 41.3 Å². The molecule has 32 heavy (non-hydrogen) atoms. The van der Waals surface area contributed by atoms with Crippen molar-refractivity contribution in [3.8, 4) is 11.5 Å². The number of aromatic nitrogens is 1. The van der Waals surface area contributed by atoms with E-state index in [1.807, 2.05) is 44.2 Å². The van der Waals surface area contributed by atoms with Crippen LogP contribution in [0.4, 0.5) is 4.39 Å². The van der Waals surface area contributed by atoms with Gasteiger partial charge in [-0.25, -0.2) is 4.39 Å². The fraction of sp³-hybridized carbons (Fsp3) is 0.240. The van der Waals surface area contributed by atoms with E-state index in [0.29, 0.717) is 11.3 Å². The van der Waals surface area contributed by atoms with Gasteiger partial charge in [0.2, 0.25) is 11.8 Å². The molecule has 0 spiro atoms. The van der Waals surface area contributed by atoms with Gasteiger partial charge in [0.05, 0.1) is 12.6 Å². The maximum Gasteiger partial charge on any atom is 0.243 e. The van der Waals surface area contributed by atoms with E-state index in [2.05, 4.69) is 15.6 Å². The van der Waals surface area contributed by atoms with E-state index in [-0.39, 0.29) is 36.4 Å². The molecule has 0 saturated carbocycles. The van der Waals surface area contributed by atoms with Crippen LogP contribution in [-0.4, -0.2) is 22.8 Å². The standard InChI is InChI=1S/C25H26FN3O3/c1-17(2)24(29-23(30)14-18-7-4-3-5-8-18)25(31)28-15-19-10-11-22(21(26)13-19)32-20-9-6-12-27-16-20/h3-13,16-17,24H,14-15H2,1-2H3,(H,28,31)(H,29,30). The van der Waals surface area contributed by atoms with Crippen LogP contribution in [0.15, 0.2) is 73.1 Å². The van der Waals surface area contributed by atoms with Gasteiger partial charge in [0.25, 0.3) is 0 Å². The Labute approximate surface area is 186 Å². The zero-order valence-corrected chi connectivity index (χ0v) is 18.0. The molecule has 3 aromatic rings. The summed E-state index contributed by atoms with van der Waals surface area (Å²) in [4.78, 5) is 29.0. The molecule has 0 bridgehead atoms. The van der Waals surface area contributed by atoms with Crippen LogP contribution in [0, 0.1) is 11.7 Å². The predicted molar refractivity (Wildman–Crippen MR) is 119 cm³/mol. The van der Waals surface area contributed by atoms with Gasteiger partial charge in [0.1, 0.15) is 11.8 Å². The molecule has 0 saturated heterocycles. The number of rotatable bonds is 9. The number of amides is 2.